The first-order chi connectivity index (χ1) is 8.65. The number of aromatic nitrogens is 3. The van der Waals surface area contributed by atoms with Gasteiger partial charge in [0.1, 0.15) is 5.56 Å². The molecule has 2 rings (SSSR count). The van der Waals surface area contributed by atoms with Crippen LogP contribution in [0.4, 0.5) is 0 Å². The average Bonchev–Trinajstić information content (AvgIpc) is 2.42. The molecule has 0 aliphatic rings. The van der Waals surface area contributed by atoms with Crippen LogP contribution in [0, 0.1) is 6.92 Å². The molecule has 1 N–H and O–H groups in total. The molecule has 18 heavy (non-hydrogen) atoms. The topological polar surface area (TPSA) is 76.2 Å². The van der Waals surface area contributed by atoms with Gasteiger partial charge in [0.05, 0.1) is 7.11 Å². The SMILES string of the molecule is COC(=O)c1c(-c2ncccn2)ccc(C)[n+]1O. The Labute approximate surface area is 103 Å². The number of aryl methyl sites for hydroxylation is 1. The molecule has 0 fully saturated rings. The van der Waals surface area contributed by atoms with E-state index < -0.39 is 5.97 Å². The van der Waals surface area contributed by atoms with E-state index >= 15 is 0 Å². The minimum atomic E-state index is -0.649. The van der Waals surface area contributed by atoms with E-state index in [1.165, 1.54) is 7.11 Å². The number of pyridine rings is 1. The second kappa shape index (κ2) is 4.79. The Kier molecular flexibility index (Phi) is 3.18. The molecular formula is C12H12N3O3+. The summed E-state index contributed by atoms with van der Waals surface area (Å²) in [7, 11) is 1.25. The zero-order chi connectivity index (χ0) is 13.1. The lowest BCUT2D eigenvalue weighted by molar-refractivity contribution is -0.909. The van der Waals surface area contributed by atoms with Gasteiger partial charge < -0.3 is 4.74 Å². The van der Waals surface area contributed by atoms with Crippen LogP contribution in [-0.2, 0) is 4.74 Å². The number of hydrogen-bond donors (Lipinski definition) is 1. The molecule has 0 unspecified atom stereocenters. The molecular weight excluding hydrogens is 234 g/mol. The number of nitrogens with zero attached hydrogens (tertiary/aromatic N) is 3. The van der Waals surface area contributed by atoms with Gasteiger partial charge in [-0.05, 0) is 12.1 Å². The Hall–Kier alpha value is -2.50. The molecule has 0 aliphatic heterocycles. The summed E-state index contributed by atoms with van der Waals surface area (Å²) >= 11 is 0. The lowest BCUT2D eigenvalue weighted by Crippen LogP contribution is -2.41. The Morgan fingerprint density at radius 3 is 2.61 bits per heavy atom. The first kappa shape index (κ1) is 12.0. The summed E-state index contributed by atoms with van der Waals surface area (Å²) in [4.78, 5) is 19.8. The summed E-state index contributed by atoms with van der Waals surface area (Å²) in [5.41, 5.74) is 0.925. The van der Waals surface area contributed by atoms with Crippen molar-refractivity contribution in [3.05, 3.63) is 42.0 Å². The van der Waals surface area contributed by atoms with Crippen LogP contribution in [0.15, 0.2) is 30.6 Å². The molecule has 6 nitrogen and oxygen atoms in total. The third-order valence-corrected chi connectivity index (χ3v) is 2.48. The molecule has 2 aromatic heterocycles. The zero-order valence-corrected chi connectivity index (χ0v) is 9.99. The lowest BCUT2D eigenvalue weighted by atomic mass is 10.1. The van der Waals surface area contributed by atoms with Crippen LogP contribution in [0.5, 0.6) is 0 Å². The van der Waals surface area contributed by atoms with Crippen molar-refractivity contribution in [2.24, 2.45) is 0 Å². The molecule has 2 heterocycles. The van der Waals surface area contributed by atoms with E-state index in [0.29, 0.717) is 17.1 Å². The first-order valence-corrected chi connectivity index (χ1v) is 5.25. The second-order valence-electron chi connectivity index (χ2n) is 3.61. The quantitative estimate of drug-likeness (QED) is 0.481. The van der Waals surface area contributed by atoms with E-state index in [-0.39, 0.29) is 5.69 Å². The van der Waals surface area contributed by atoms with Crippen LogP contribution in [-0.4, -0.2) is 28.3 Å². The lowest BCUT2D eigenvalue weighted by Gasteiger charge is -2.03. The van der Waals surface area contributed by atoms with Crippen LogP contribution in [0.3, 0.4) is 0 Å². The van der Waals surface area contributed by atoms with Crippen LogP contribution >= 0.6 is 0 Å². The monoisotopic (exact) mass is 246 g/mol. The van der Waals surface area contributed by atoms with E-state index in [2.05, 4.69) is 14.7 Å². The van der Waals surface area contributed by atoms with Gasteiger partial charge in [-0.25, -0.2) is 14.8 Å². The number of ether oxygens (including phenoxy) is 1. The van der Waals surface area contributed by atoms with Crippen molar-refractivity contribution in [1.82, 2.24) is 9.97 Å². The maximum absolute atomic E-state index is 11.7. The molecule has 0 amide bonds. The number of carbonyl (C=O) groups excluding carboxylic acids is 1. The van der Waals surface area contributed by atoms with Crippen molar-refractivity contribution in [3.8, 4) is 11.4 Å². The Bertz CT molecular complexity index is 585. The van der Waals surface area contributed by atoms with E-state index in [1.54, 1.807) is 37.5 Å². The third-order valence-electron chi connectivity index (χ3n) is 2.48. The number of carbonyl (C=O) groups is 1. The minimum absolute atomic E-state index is 0.00343. The number of rotatable bonds is 2. The largest absolute Gasteiger partial charge is 0.461 e. The molecule has 0 saturated carbocycles. The van der Waals surface area contributed by atoms with Crippen molar-refractivity contribution in [2.75, 3.05) is 7.11 Å². The fourth-order valence-corrected chi connectivity index (χ4v) is 1.56. The zero-order valence-electron chi connectivity index (χ0n) is 9.99. The molecule has 0 saturated heterocycles. The highest BCUT2D eigenvalue weighted by molar-refractivity contribution is 5.92. The normalized spacial score (nSPS) is 10.1. The van der Waals surface area contributed by atoms with Gasteiger partial charge in [-0.3, -0.25) is 5.21 Å². The summed E-state index contributed by atoms with van der Waals surface area (Å²) in [6.07, 6.45) is 3.12. The van der Waals surface area contributed by atoms with Crippen LogP contribution in [0.1, 0.15) is 16.2 Å². The Morgan fingerprint density at radius 1 is 1.33 bits per heavy atom. The van der Waals surface area contributed by atoms with Crippen molar-refractivity contribution in [1.29, 1.82) is 0 Å². The summed E-state index contributed by atoms with van der Waals surface area (Å²) in [6.45, 7) is 1.67. The fraction of sp³-hybridized carbons (Fsp3) is 0.167. The van der Waals surface area contributed by atoms with Crippen molar-refractivity contribution >= 4 is 5.97 Å². The maximum Gasteiger partial charge on any atom is 0.409 e. The van der Waals surface area contributed by atoms with Crippen molar-refractivity contribution < 1.29 is 19.5 Å². The molecule has 0 spiro atoms. The van der Waals surface area contributed by atoms with Crippen LogP contribution in [0.2, 0.25) is 0 Å². The molecule has 0 radical (unpaired) electrons. The van der Waals surface area contributed by atoms with Gasteiger partial charge in [-0.2, -0.15) is 0 Å². The molecule has 0 atom stereocenters. The summed E-state index contributed by atoms with van der Waals surface area (Å²) < 4.78 is 5.43. The third kappa shape index (κ3) is 2.00. The van der Waals surface area contributed by atoms with E-state index in [9.17, 15) is 10.0 Å². The number of hydrogen-bond acceptors (Lipinski definition) is 5. The standard InChI is InChI=1S/C12H12N3O3/c1-8-4-5-9(11-13-6-3-7-14-11)10(15(8)17)12(16)18-2/h3-7,17H,1-2H3/q+1. The summed E-state index contributed by atoms with van der Waals surface area (Å²) in [6, 6.07) is 5.00. The molecule has 92 valence electrons. The fourth-order valence-electron chi connectivity index (χ4n) is 1.56. The van der Waals surface area contributed by atoms with Gasteiger partial charge in [0.15, 0.2) is 5.82 Å². The van der Waals surface area contributed by atoms with Crippen LogP contribution < -0.4 is 4.73 Å². The second-order valence-corrected chi connectivity index (χ2v) is 3.61. The smallest absolute Gasteiger partial charge is 0.409 e. The van der Waals surface area contributed by atoms with Gasteiger partial charge in [-0.15, -0.1) is 0 Å². The van der Waals surface area contributed by atoms with Gasteiger partial charge in [0.2, 0.25) is 5.69 Å². The Morgan fingerprint density at radius 2 is 2.00 bits per heavy atom. The highest BCUT2D eigenvalue weighted by atomic mass is 16.5. The molecule has 2 aromatic rings. The minimum Gasteiger partial charge on any atom is -0.461 e. The number of methoxy groups -OCH3 is 1. The molecule has 0 aliphatic carbocycles. The first-order valence-electron chi connectivity index (χ1n) is 5.25. The van der Waals surface area contributed by atoms with E-state index in [0.717, 1.165) is 4.73 Å². The van der Waals surface area contributed by atoms with Gasteiger partial charge >= 0.3 is 11.7 Å². The van der Waals surface area contributed by atoms with Gasteiger partial charge in [0, 0.05) is 30.1 Å². The average molecular weight is 246 g/mol. The molecule has 6 heteroatoms. The van der Waals surface area contributed by atoms with Crippen molar-refractivity contribution in [3.63, 3.8) is 0 Å². The summed E-state index contributed by atoms with van der Waals surface area (Å²) in [5, 5.41) is 9.90. The highest BCUT2D eigenvalue weighted by Gasteiger charge is 2.29. The summed E-state index contributed by atoms with van der Waals surface area (Å²) in [5.74, 6) is -0.302. The van der Waals surface area contributed by atoms with Gasteiger partial charge in [0.25, 0.3) is 0 Å². The highest BCUT2D eigenvalue weighted by Crippen LogP contribution is 2.17. The Balaban J connectivity index is 2.68. The van der Waals surface area contributed by atoms with E-state index in [4.69, 9.17) is 0 Å². The molecule has 0 aromatic carbocycles. The molecule has 0 bridgehead atoms. The number of esters is 1. The van der Waals surface area contributed by atoms with Crippen molar-refractivity contribution in [2.45, 2.75) is 6.92 Å². The van der Waals surface area contributed by atoms with Gasteiger partial charge in [-0.1, -0.05) is 0 Å². The van der Waals surface area contributed by atoms with Crippen LogP contribution in [0.25, 0.3) is 11.4 Å². The predicted molar refractivity (Wildman–Crippen MR) is 60.9 cm³/mol. The van der Waals surface area contributed by atoms with E-state index in [1.807, 2.05) is 0 Å². The predicted octanol–water partition coefficient (Wildman–Crippen LogP) is 0.763. The maximum atomic E-state index is 11.7.